The van der Waals surface area contributed by atoms with Gasteiger partial charge < -0.3 is 19.5 Å². The quantitative estimate of drug-likeness (QED) is 0.533. The molecule has 6 nitrogen and oxygen atoms in total. The number of hydrogen-bond donors (Lipinski definition) is 1. The van der Waals surface area contributed by atoms with E-state index < -0.39 is 0 Å². The number of carbonyl (C=O) groups is 2. The van der Waals surface area contributed by atoms with E-state index >= 15 is 0 Å². The third-order valence-corrected chi connectivity index (χ3v) is 4.13. The predicted molar refractivity (Wildman–Crippen MR) is 103 cm³/mol. The van der Waals surface area contributed by atoms with Crippen LogP contribution in [0.5, 0.6) is 17.2 Å². The molecule has 0 heterocycles. The van der Waals surface area contributed by atoms with Crippen LogP contribution in [0.2, 0.25) is 0 Å². The van der Waals surface area contributed by atoms with Crippen LogP contribution >= 0.6 is 22.6 Å². The first-order valence-electron chi connectivity index (χ1n) is 7.33. The SMILES string of the molecule is COc1cc(C(=O)c2cc(I)ccc2NC(C)=O)cc(OC)c1OC. The number of carbonyl (C=O) groups excluding carboxylic acids is 2. The molecule has 0 aliphatic rings. The Morgan fingerprint density at radius 3 is 2.04 bits per heavy atom. The lowest BCUT2D eigenvalue weighted by Crippen LogP contribution is -2.12. The molecule has 7 heteroatoms. The fraction of sp³-hybridized carbons (Fsp3) is 0.222. The highest BCUT2D eigenvalue weighted by atomic mass is 127. The van der Waals surface area contributed by atoms with E-state index in [0.29, 0.717) is 34.1 Å². The third-order valence-electron chi connectivity index (χ3n) is 3.46. The van der Waals surface area contributed by atoms with Crippen LogP contribution in [0.1, 0.15) is 22.8 Å². The fourth-order valence-corrected chi connectivity index (χ4v) is 2.86. The number of methoxy groups -OCH3 is 3. The minimum absolute atomic E-state index is 0.250. The largest absolute Gasteiger partial charge is 0.493 e. The van der Waals surface area contributed by atoms with E-state index in [4.69, 9.17) is 14.2 Å². The molecule has 1 N–H and O–H groups in total. The number of benzene rings is 2. The van der Waals surface area contributed by atoms with Crippen molar-refractivity contribution in [3.63, 3.8) is 0 Å². The highest BCUT2D eigenvalue weighted by Gasteiger charge is 2.20. The van der Waals surface area contributed by atoms with E-state index in [1.165, 1.54) is 28.3 Å². The number of ketones is 1. The second-order valence-corrected chi connectivity index (χ2v) is 6.36. The molecule has 0 aliphatic heterocycles. The fourth-order valence-electron chi connectivity index (χ4n) is 2.37. The molecule has 0 saturated heterocycles. The van der Waals surface area contributed by atoms with Crippen molar-refractivity contribution < 1.29 is 23.8 Å². The molecule has 132 valence electrons. The molecule has 0 atom stereocenters. The summed E-state index contributed by atoms with van der Waals surface area (Å²) in [5.41, 5.74) is 1.20. The van der Waals surface area contributed by atoms with Crippen LogP contribution in [0, 0.1) is 3.57 Å². The molecule has 2 rings (SSSR count). The van der Waals surface area contributed by atoms with Gasteiger partial charge in [-0.3, -0.25) is 9.59 Å². The van der Waals surface area contributed by atoms with Crippen LogP contribution in [0.4, 0.5) is 5.69 Å². The maximum absolute atomic E-state index is 13.0. The van der Waals surface area contributed by atoms with Crippen molar-refractivity contribution >= 4 is 40.0 Å². The standard InChI is InChI=1S/C18H18INO5/c1-10(21)20-14-6-5-12(19)9-13(14)17(22)11-7-15(23-2)18(25-4)16(8-11)24-3/h5-9H,1-4H3,(H,20,21). The Labute approximate surface area is 159 Å². The average Bonchev–Trinajstić information content (AvgIpc) is 2.60. The van der Waals surface area contributed by atoms with E-state index in [-0.39, 0.29) is 11.7 Å². The molecule has 1 amide bonds. The zero-order valence-electron chi connectivity index (χ0n) is 14.3. The zero-order valence-corrected chi connectivity index (χ0v) is 16.5. The third kappa shape index (κ3) is 4.22. The smallest absolute Gasteiger partial charge is 0.221 e. The number of amides is 1. The van der Waals surface area contributed by atoms with E-state index in [9.17, 15) is 9.59 Å². The summed E-state index contributed by atoms with van der Waals surface area (Å²) in [5, 5.41) is 2.68. The van der Waals surface area contributed by atoms with Crippen molar-refractivity contribution in [1.29, 1.82) is 0 Å². The molecule has 0 spiro atoms. The molecule has 2 aromatic carbocycles. The van der Waals surface area contributed by atoms with Crippen LogP contribution in [-0.2, 0) is 4.79 Å². The Balaban J connectivity index is 2.58. The Kier molecular flexibility index (Phi) is 6.24. The summed E-state index contributed by atoms with van der Waals surface area (Å²) >= 11 is 2.11. The van der Waals surface area contributed by atoms with Gasteiger partial charge in [0.15, 0.2) is 17.3 Å². The number of anilines is 1. The van der Waals surface area contributed by atoms with Gasteiger partial charge in [0.2, 0.25) is 11.7 Å². The highest BCUT2D eigenvalue weighted by Crippen LogP contribution is 2.39. The van der Waals surface area contributed by atoms with Gasteiger partial charge in [-0.2, -0.15) is 0 Å². The Morgan fingerprint density at radius 1 is 0.960 bits per heavy atom. The molecular weight excluding hydrogens is 437 g/mol. The van der Waals surface area contributed by atoms with Crippen molar-refractivity contribution in [1.82, 2.24) is 0 Å². The second-order valence-electron chi connectivity index (χ2n) is 5.11. The molecule has 0 saturated carbocycles. The van der Waals surface area contributed by atoms with Gasteiger partial charge in [-0.15, -0.1) is 0 Å². The highest BCUT2D eigenvalue weighted by molar-refractivity contribution is 14.1. The molecule has 0 bridgehead atoms. The Bertz CT molecular complexity index is 794. The van der Waals surface area contributed by atoms with Crippen LogP contribution in [0.3, 0.4) is 0 Å². The molecule has 0 fully saturated rings. The van der Waals surface area contributed by atoms with E-state index in [0.717, 1.165) is 3.57 Å². The van der Waals surface area contributed by atoms with Crippen molar-refractivity contribution in [3.05, 3.63) is 45.0 Å². The van der Waals surface area contributed by atoms with Crippen molar-refractivity contribution in [2.24, 2.45) is 0 Å². The summed E-state index contributed by atoms with van der Waals surface area (Å²) in [6.07, 6.45) is 0. The van der Waals surface area contributed by atoms with Crippen molar-refractivity contribution in [2.45, 2.75) is 6.92 Å². The average molecular weight is 455 g/mol. The number of halogens is 1. The van der Waals surface area contributed by atoms with E-state index in [1.807, 2.05) is 6.07 Å². The minimum Gasteiger partial charge on any atom is -0.493 e. The zero-order chi connectivity index (χ0) is 18.6. The monoisotopic (exact) mass is 455 g/mol. The maximum Gasteiger partial charge on any atom is 0.221 e. The van der Waals surface area contributed by atoms with Gasteiger partial charge in [-0.25, -0.2) is 0 Å². The first-order valence-corrected chi connectivity index (χ1v) is 8.41. The van der Waals surface area contributed by atoms with Crippen molar-refractivity contribution in [2.75, 3.05) is 26.6 Å². The van der Waals surface area contributed by atoms with Crippen LogP contribution in [0.15, 0.2) is 30.3 Å². The van der Waals surface area contributed by atoms with Gasteiger partial charge in [0.05, 0.1) is 27.0 Å². The Morgan fingerprint density at radius 2 is 1.56 bits per heavy atom. The van der Waals surface area contributed by atoms with Gasteiger partial charge >= 0.3 is 0 Å². The van der Waals surface area contributed by atoms with Crippen LogP contribution < -0.4 is 19.5 Å². The summed E-state index contributed by atoms with van der Waals surface area (Å²) in [7, 11) is 4.47. The van der Waals surface area contributed by atoms with Gasteiger partial charge in [0, 0.05) is 21.6 Å². The molecule has 25 heavy (non-hydrogen) atoms. The second kappa shape index (κ2) is 8.19. The van der Waals surface area contributed by atoms with Gasteiger partial charge in [-0.1, -0.05) is 0 Å². The normalized spacial score (nSPS) is 10.1. The minimum atomic E-state index is -0.262. The van der Waals surface area contributed by atoms with Gasteiger partial charge in [-0.05, 0) is 52.9 Å². The molecule has 0 aliphatic carbocycles. The topological polar surface area (TPSA) is 73.9 Å². The van der Waals surface area contributed by atoms with Crippen LogP contribution in [-0.4, -0.2) is 33.0 Å². The summed E-state index contributed by atoms with van der Waals surface area (Å²) < 4.78 is 16.7. The first-order chi connectivity index (χ1) is 11.9. The van der Waals surface area contributed by atoms with Gasteiger partial charge in [0.1, 0.15) is 0 Å². The lowest BCUT2D eigenvalue weighted by Gasteiger charge is -2.15. The molecule has 2 aromatic rings. The van der Waals surface area contributed by atoms with E-state index in [2.05, 4.69) is 27.9 Å². The number of nitrogens with one attached hydrogen (secondary N) is 1. The molecular formula is C18H18INO5. The van der Waals surface area contributed by atoms with Crippen LogP contribution in [0.25, 0.3) is 0 Å². The Hall–Kier alpha value is -2.29. The number of ether oxygens (including phenoxy) is 3. The summed E-state index contributed by atoms with van der Waals surface area (Å²) in [5.74, 6) is 0.668. The predicted octanol–water partition coefficient (Wildman–Crippen LogP) is 3.51. The summed E-state index contributed by atoms with van der Waals surface area (Å²) in [6, 6.07) is 8.41. The molecule has 0 aromatic heterocycles. The first kappa shape index (κ1) is 19.0. The maximum atomic E-state index is 13.0. The van der Waals surface area contributed by atoms with Gasteiger partial charge in [0.25, 0.3) is 0 Å². The lowest BCUT2D eigenvalue weighted by atomic mass is 10.0. The van der Waals surface area contributed by atoms with E-state index in [1.54, 1.807) is 24.3 Å². The number of hydrogen-bond acceptors (Lipinski definition) is 5. The molecule has 0 unspecified atom stereocenters. The number of rotatable bonds is 6. The summed E-state index contributed by atoms with van der Waals surface area (Å²) in [6.45, 7) is 1.39. The van der Waals surface area contributed by atoms with Crippen molar-refractivity contribution in [3.8, 4) is 17.2 Å². The molecule has 0 radical (unpaired) electrons. The summed E-state index contributed by atoms with van der Waals surface area (Å²) in [4.78, 5) is 24.4. The lowest BCUT2D eigenvalue weighted by molar-refractivity contribution is -0.114.